The van der Waals surface area contributed by atoms with Gasteiger partial charge in [-0.15, -0.1) is 0 Å². The third-order valence-corrected chi connectivity index (χ3v) is 4.94. The van der Waals surface area contributed by atoms with Crippen LogP contribution in [0.3, 0.4) is 0 Å². The van der Waals surface area contributed by atoms with E-state index in [0.29, 0.717) is 17.1 Å². The Hall–Kier alpha value is -3.48. The summed E-state index contributed by atoms with van der Waals surface area (Å²) in [5.74, 6) is -1.15. The second kappa shape index (κ2) is 7.26. The second-order valence-electron chi connectivity index (χ2n) is 6.75. The minimum Gasteiger partial charge on any atom is -0.341 e. The lowest BCUT2D eigenvalue weighted by Crippen LogP contribution is -2.38. The van der Waals surface area contributed by atoms with Crippen LogP contribution in [0.5, 0.6) is 0 Å². The first-order valence-electron chi connectivity index (χ1n) is 8.95. The van der Waals surface area contributed by atoms with E-state index in [9.17, 15) is 14.0 Å². The van der Waals surface area contributed by atoms with Crippen LogP contribution < -0.4 is 10.6 Å². The summed E-state index contributed by atoms with van der Waals surface area (Å²) in [6, 6.07) is 12.7. The van der Waals surface area contributed by atoms with E-state index in [1.165, 1.54) is 6.07 Å². The van der Waals surface area contributed by atoms with Gasteiger partial charge in [-0.05, 0) is 17.7 Å². The molecule has 28 heavy (non-hydrogen) atoms. The van der Waals surface area contributed by atoms with Crippen LogP contribution in [-0.4, -0.2) is 21.4 Å². The molecule has 142 valence electrons. The minimum atomic E-state index is -0.772. The molecule has 1 aliphatic heterocycles. The molecule has 0 saturated heterocycles. The zero-order valence-corrected chi connectivity index (χ0v) is 15.2. The van der Waals surface area contributed by atoms with Crippen LogP contribution >= 0.6 is 0 Å². The number of hydrogen-bond acceptors (Lipinski definition) is 3. The van der Waals surface area contributed by atoms with E-state index in [1.54, 1.807) is 54.3 Å². The monoisotopic (exact) mass is 378 g/mol. The molecule has 0 spiro atoms. The maximum Gasteiger partial charge on any atom is 0.229 e. The molecular formula is C21H19FN4O2. The summed E-state index contributed by atoms with van der Waals surface area (Å²) in [7, 11) is 1.78. The number of amides is 2. The van der Waals surface area contributed by atoms with Crippen molar-refractivity contribution in [3.05, 3.63) is 83.7 Å². The largest absolute Gasteiger partial charge is 0.341 e. The molecule has 4 rings (SSSR count). The maximum atomic E-state index is 14.5. The van der Waals surface area contributed by atoms with Crippen molar-refractivity contribution in [2.24, 2.45) is 7.05 Å². The van der Waals surface area contributed by atoms with Crippen LogP contribution in [0.25, 0.3) is 0 Å². The first kappa shape index (κ1) is 17.9. The normalized spacial score (nSPS) is 16.8. The smallest absolute Gasteiger partial charge is 0.229 e. The summed E-state index contributed by atoms with van der Waals surface area (Å²) < 4.78 is 16.2. The molecule has 2 heterocycles. The zero-order chi connectivity index (χ0) is 19.7. The molecular weight excluding hydrogens is 359 g/mol. The zero-order valence-electron chi connectivity index (χ0n) is 15.2. The molecule has 3 aromatic rings. The van der Waals surface area contributed by atoms with Crippen LogP contribution in [-0.2, 0) is 16.6 Å². The van der Waals surface area contributed by atoms with Gasteiger partial charge >= 0.3 is 0 Å². The molecule has 7 heteroatoms. The Bertz CT molecular complexity index is 1050. The topological polar surface area (TPSA) is 76.0 Å². The minimum absolute atomic E-state index is 0.0351. The number of nitrogens with zero attached hydrogens (tertiary/aromatic N) is 2. The number of hydrogen-bond donors (Lipinski definition) is 2. The standard InChI is InChI=1S/C21H19FN4O2/c1-26-11-10-23-20(26)19(14-7-2-4-8-16(14)22)25-21(28)15-12-18(27)24-17-9-5-3-6-13(15)17/h2-11,15,19H,12H2,1H3,(H,24,27)(H,25,28). The predicted octanol–water partition coefficient (Wildman–Crippen LogP) is 2.89. The van der Waals surface area contributed by atoms with Gasteiger partial charge in [0.15, 0.2) is 0 Å². The van der Waals surface area contributed by atoms with Gasteiger partial charge < -0.3 is 15.2 Å². The molecule has 2 unspecified atom stereocenters. The molecule has 6 nitrogen and oxygen atoms in total. The summed E-state index contributed by atoms with van der Waals surface area (Å²) in [6.45, 7) is 0. The molecule has 1 aromatic heterocycles. The Morgan fingerprint density at radius 1 is 1.25 bits per heavy atom. The van der Waals surface area contributed by atoms with E-state index in [0.717, 1.165) is 5.56 Å². The summed E-state index contributed by atoms with van der Waals surface area (Å²) in [5.41, 5.74) is 1.68. The lowest BCUT2D eigenvalue weighted by molar-refractivity contribution is -0.126. The van der Waals surface area contributed by atoms with E-state index in [4.69, 9.17) is 0 Å². The molecule has 2 N–H and O–H groups in total. The highest BCUT2D eigenvalue weighted by Gasteiger charge is 2.33. The molecule has 2 atom stereocenters. The second-order valence-corrected chi connectivity index (χ2v) is 6.75. The summed E-state index contributed by atoms with van der Waals surface area (Å²) >= 11 is 0. The Morgan fingerprint density at radius 3 is 2.75 bits per heavy atom. The average Bonchev–Trinajstić information content (AvgIpc) is 3.11. The number of fused-ring (bicyclic) bond motifs is 1. The first-order valence-corrected chi connectivity index (χ1v) is 8.95. The van der Waals surface area contributed by atoms with Crippen LogP contribution in [0.4, 0.5) is 10.1 Å². The van der Waals surface area contributed by atoms with Crippen LogP contribution in [0.1, 0.15) is 35.3 Å². The van der Waals surface area contributed by atoms with Gasteiger partial charge in [0.1, 0.15) is 17.7 Å². The molecule has 2 aromatic carbocycles. The molecule has 0 saturated carbocycles. The van der Waals surface area contributed by atoms with Gasteiger partial charge in [0, 0.05) is 37.1 Å². The van der Waals surface area contributed by atoms with E-state index in [-0.39, 0.29) is 18.2 Å². The molecule has 0 fully saturated rings. The summed E-state index contributed by atoms with van der Waals surface area (Å²) in [6.07, 6.45) is 3.37. The molecule has 1 aliphatic rings. The van der Waals surface area contributed by atoms with Crippen molar-refractivity contribution in [1.29, 1.82) is 0 Å². The number of anilines is 1. The number of rotatable bonds is 4. The Labute approximate surface area is 161 Å². The van der Waals surface area contributed by atoms with Gasteiger partial charge in [-0.2, -0.15) is 0 Å². The van der Waals surface area contributed by atoms with Crippen LogP contribution in [0, 0.1) is 5.82 Å². The Morgan fingerprint density at radius 2 is 2.00 bits per heavy atom. The first-order chi connectivity index (χ1) is 13.5. The van der Waals surface area contributed by atoms with Gasteiger partial charge in [0.25, 0.3) is 0 Å². The highest BCUT2D eigenvalue weighted by molar-refractivity contribution is 6.01. The van der Waals surface area contributed by atoms with Gasteiger partial charge in [-0.1, -0.05) is 36.4 Å². The maximum absolute atomic E-state index is 14.5. The molecule has 0 aliphatic carbocycles. The lowest BCUT2D eigenvalue weighted by Gasteiger charge is -2.27. The summed E-state index contributed by atoms with van der Waals surface area (Å²) in [4.78, 5) is 29.5. The Kier molecular flexibility index (Phi) is 4.65. The SMILES string of the molecule is Cn1ccnc1C(NC(=O)C1CC(=O)Nc2ccccc21)c1ccccc1F. The van der Waals surface area contributed by atoms with Gasteiger partial charge in [-0.25, -0.2) is 9.37 Å². The highest BCUT2D eigenvalue weighted by Crippen LogP contribution is 2.33. The van der Waals surface area contributed by atoms with Crippen LogP contribution in [0.2, 0.25) is 0 Å². The van der Waals surface area contributed by atoms with Gasteiger partial charge in [-0.3, -0.25) is 9.59 Å². The number of carbonyl (C=O) groups is 2. The number of aryl methyl sites for hydroxylation is 1. The fourth-order valence-corrected chi connectivity index (χ4v) is 3.53. The quantitative estimate of drug-likeness (QED) is 0.733. The third kappa shape index (κ3) is 3.26. The number of halogens is 1. The van der Waals surface area contributed by atoms with Crippen molar-refractivity contribution in [2.45, 2.75) is 18.4 Å². The van der Waals surface area contributed by atoms with Crippen molar-refractivity contribution in [3.8, 4) is 0 Å². The van der Waals surface area contributed by atoms with E-state index < -0.39 is 17.8 Å². The number of carbonyl (C=O) groups excluding carboxylic acids is 2. The fraction of sp³-hybridized carbons (Fsp3) is 0.190. The van der Waals surface area contributed by atoms with E-state index in [1.807, 2.05) is 12.1 Å². The highest BCUT2D eigenvalue weighted by atomic mass is 19.1. The number of imidazole rings is 1. The number of benzene rings is 2. The van der Waals surface area contributed by atoms with E-state index >= 15 is 0 Å². The van der Waals surface area contributed by atoms with Crippen molar-refractivity contribution in [1.82, 2.24) is 14.9 Å². The number of para-hydroxylation sites is 1. The van der Waals surface area contributed by atoms with Crippen molar-refractivity contribution < 1.29 is 14.0 Å². The lowest BCUT2D eigenvalue weighted by atomic mass is 9.89. The van der Waals surface area contributed by atoms with Gasteiger partial charge in [0.05, 0.1) is 5.92 Å². The van der Waals surface area contributed by atoms with Gasteiger partial charge in [0.2, 0.25) is 11.8 Å². The average molecular weight is 378 g/mol. The number of nitrogens with one attached hydrogen (secondary N) is 2. The molecule has 0 radical (unpaired) electrons. The van der Waals surface area contributed by atoms with Crippen molar-refractivity contribution in [3.63, 3.8) is 0 Å². The van der Waals surface area contributed by atoms with Crippen molar-refractivity contribution in [2.75, 3.05) is 5.32 Å². The molecule has 0 bridgehead atoms. The number of aromatic nitrogens is 2. The van der Waals surface area contributed by atoms with Crippen molar-refractivity contribution >= 4 is 17.5 Å². The predicted molar refractivity (Wildman–Crippen MR) is 102 cm³/mol. The summed E-state index contributed by atoms with van der Waals surface area (Å²) in [5, 5.41) is 5.69. The fourth-order valence-electron chi connectivity index (χ4n) is 3.53. The molecule has 2 amide bonds. The van der Waals surface area contributed by atoms with Crippen LogP contribution in [0.15, 0.2) is 60.9 Å². The van der Waals surface area contributed by atoms with E-state index in [2.05, 4.69) is 15.6 Å². The third-order valence-electron chi connectivity index (χ3n) is 4.94. The Balaban J connectivity index is 1.70.